The maximum absolute atomic E-state index is 12.6. The lowest BCUT2D eigenvalue weighted by atomic mass is 10.2. The minimum absolute atomic E-state index is 0.0144. The van der Waals surface area contributed by atoms with E-state index in [4.69, 9.17) is 11.6 Å². The summed E-state index contributed by atoms with van der Waals surface area (Å²) in [6.07, 6.45) is -3.00. The van der Waals surface area contributed by atoms with Crippen molar-refractivity contribution in [3.63, 3.8) is 0 Å². The Kier molecular flexibility index (Phi) is 3.85. The van der Waals surface area contributed by atoms with Gasteiger partial charge in [0.05, 0.1) is 6.20 Å². The van der Waals surface area contributed by atoms with Crippen molar-refractivity contribution in [2.24, 2.45) is 7.05 Å². The highest BCUT2D eigenvalue weighted by molar-refractivity contribution is 6.29. The molecule has 0 atom stereocenters. The molecule has 2 heterocycles. The van der Waals surface area contributed by atoms with Crippen molar-refractivity contribution in [2.45, 2.75) is 19.6 Å². The summed E-state index contributed by atoms with van der Waals surface area (Å²) in [7, 11) is 1.78. The molecule has 1 N–H and O–H groups in total. The number of hydrogen-bond donors (Lipinski definition) is 1. The topological polar surface area (TPSA) is 55.6 Å². The van der Waals surface area contributed by atoms with E-state index in [1.165, 1.54) is 6.07 Å². The quantitative estimate of drug-likeness (QED) is 0.886. The predicted molar refractivity (Wildman–Crippen MR) is 67.3 cm³/mol. The predicted octanol–water partition coefficient (Wildman–Crippen LogP) is 2.80. The number of halogens is 4. The zero-order chi connectivity index (χ0) is 14.9. The standard InChI is InChI=1S/C11H11ClF3N5/c1-6-7(5-17-20(6)2)4-16-9-3-8(12)18-10(19-9)11(13,14)15/h3,5H,4H2,1-2H3,(H,16,18,19). The van der Waals surface area contributed by atoms with Crippen LogP contribution >= 0.6 is 11.6 Å². The van der Waals surface area contributed by atoms with Gasteiger partial charge in [-0.1, -0.05) is 11.6 Å². The van der Waals surface area contributed by atoms with Crippen LogP contribution in [0, 0.1) is 6.92 Å². The fourth-order valence-electron chi connectivity index (χ4n) is 1.54. The van der Waals surface area contributed by atoms with Crippen LogP contribution in [0.3, 0.4) is 0 Å². The molecule has 0 aliphatic carbocycles. The number of rotatable bonds is 3. The number of nitrogens with one attached hydrogen (secondary N) is 1. The van der Waals surface area contributed by atoms with Gasteiger partial charge in [-0.2, -0.15) is 18.3 Å². The van der Waals surface area contributed by atoms with Crippen molar-refractivity contribution >= 4 is 17.4 Å². The molecule has 2 aromatic heterocycles. The molecular formula is C11H11ClF3N5. The third-order valence-corrected chi connectivity index (χ3v) is 2.94. The summed E-state index contributed by atoms with van der Waals surface area (Å²) in [5, 5.41) is 6.55. The van der Waals surface area contributed by atoms with Gasteiger partial charge in [0.25, 0.3) is 0 Å². The van der Waals surface area contributed by atoms with E-state index in [1.54, 1.807) is 17.9 Å². The maximum Gasteiger partial charge on any atom is 0.451 e. The average molecular weight is 306 g/mol. The molecule has 9 heteroatoms. The smallest absolute Gasteiger partial charge is 0.366 e. The fourth-order valence-corrected chi connectivity index (χ4v) is 1.72. The van der Waals surface area contributed by atoms with Gasteiger partial charge in [0, 0.05) is 30.9 Å². The Morgan fingerprint density at radius 3 is 2.60 bits per heavy atom. The number of nitrogens with zero attached hydrogens (tertiary/aromatic N) is 4. The van der Waals surface area contributed by atoms with Crippen LogP contribution in [0.4, 0.5) is 19.0 Å². The third-order valence-electron chi connectivity index (χ3n) is 2.75. The number of alkyl halides is 3. The third kappa shape index (κ3) is 3.19. The van der Waals surface area contributed by atoms with Gasteiger partial charge in [-0.15, -0.1) is 0 Å². The van der Waals surface area contributed by atoms with Crippen LogP contribution in [0.1, 0.15) is 17.1 Å². The lowest BCUT2D eigenvalue weighted by molar-refractivity contribution is -0.144. The monoisotopic (exact) mass is 305 g/mol. The van der Waals surface area contributed by atoms with Crippen LogP contribution in [-0.4, -0.2) is 19.7 Å². The molecule has 0 fully saturated rings. The van der Waals surface area contributed by atoms with Crippen molar-refractivity contribution in [1.29, 1.82) is 0 Å². The van der Waals surface area contributed by atoms with Crippen molar-refractivity contribution in [3.8, 4) is 0 Å². The van der Waals surface area contributed by atoms with Crippen LogP contribution < -0.4 is 5.32 Å². The summed E-state index contributed by atoms with van der Waals surface area (Å²) in [5.41, 5.74) is 1.77. The van der Waals surface area contributed by atoms with E-state index in [0.717, 1.165) is 11.3 Å². The molecule has 108 valence electrons. The first-order valence-corrected chi connectivity index (χ1v) is 5.98. The Bertz CT molecular complexity index is 623. The molecule has 0 radical (unpaired) electrons. The molecule has 0 saturated carbocycles. The average Bonchev–Trinajstić information content (AvgIpc) is 2.66. The second-order valence-electron chi connectivity index (χ2n) is 4.13. The van der Waals surface area contributed by atoms with E-state index in [-0.39, 0.29) is 11.0 Å². The van der Waals surface area contributed by atoms with Gasteiger partial charge in [0.2, 0.25) is 5.82 Å². The highest BCUT2D eigenvalue weighted by Crippen LogP contribution is 2.28. The van der Waals surface area contributed by atoms with Crippen molar-refractivity contribution in [1.82, 2.24) is 19.7 Å². The molecule has 0 spiro atoms. The summed E-state index contributed by atoms with van der Waals surface area (Å²) in [4.78, 5) is 6.55. The lowest BCUT2D eigenvalue weighted by Gasteiger charge is -2.09. The molecule has 0 aromatic carbocycles. The van der Waals surface area contributed by atoms with Crippen molar-refractivity contribution in [2.75, 3.05) is 5.32 Å². The minimum Gasteiger partial charge on any atom is -0.366 e. The highest BCUT2D eigenvalue weighted by atomic mass is 35.5. The number of aromatic nitrogens is 4. The Hall–Kier alpha value is -1.83. The van der Waals surface area contributed by atoms with Crippen LogP contribution in [0.15, 0.2) is 12.3 Å². The summed E-state index contributed by atoms with van der Waals surface area (Å²) < 4.78 is 39.3. The van der Waals surface area contributed by atoms with E-state index >= 15 is 0 Å². The molecule has 2 rings (SSSR count). The molecule has 0 bridgehead atoms. The van der Waals surface area contributed by atoms with Gasteiger partial charge in [-0.3, -0.25) is 4.68 Å². The normalized spacial score (nSPS) is 11.7. The van der Waals surface area contributed by atoms with Gasteiger partial charge in [0.15, 0.2) is 0 Å². The van der Waals surface area contributed by atoms with Gasteiger partial charge in [-0.25, -0.2) is 9.97 Å². The van der Waals surface area contributed by atoms with Crippen LogP contribution in [-0.2, 0) is 19.8 Å². The van der Waals surface area contributed by atoms with Crippen LogP contribution in [0.2, 0.25) is 5.15 Å². The lowest BCUT2D eigenvalue weighted by Crippen LogP contribution is -2.13. The van der Waals surface area contributed by atoms with E-state index in [9.17, 15) is 13.2 Å². The van der Waals surface area contributed by atoms with Crippen molar-refractivity contribution in [3.05, 3.63) is 34.5 Å². The van der Waals surface area contributed by atoms with Crippen LogP contribution in [0.5, 0.6) is 0 Å². The molecule has 0 saturated heterocycles. The first kappa shape index (κ1) is 14.6. The molecule has 20 heavy (non-hydrogen) atoms. The molecule has 2 aromatic rings. The van der Waals surface area contributed by atoms with Crippen molar-refractivity contribution < 1.29 is 13.2 Å². The summed E-state index contributed by atoms with van der Waals surface area (Å²) >= 11 is 5.57. The summed E-state index contributed by atoms with van der Waals surface area (Å²) in [5.74, 6) is -1.25. The van der Waals surface area contributed by atoms with E-state index in [0.29, 0.717) is 6.54 Å². The number of anilines is 1. The second kappa shape index (κ2) is 5.28. The van der Waals surface area contributed by atoms with E-state index < -0.39 is 12.0 Å². The molecule has 0 aliphatic rings. The largest absolute Gasteiger partial charge is 0.451 e. The molecule has 0 amide bonds. The summed E-state index contributed by atoms with van der Waals surface area (Å²) in [6.45, 7) is 2.16. The molecular weight excluding hydrogens is 295 g/mol. The SMILES string of the molecule is Cc1c(CNc2cc(Cl)nc(C(F)(F)F)n2)cnn1C. The van der Waals surface area contributed by atoms with Gasteiger partial charge >= 0.3 is 6.18 Å². The van der Waals surface area contributed by atoms with E-state index in [2.05, 4.69) is 20.4 Å². The Labute approximate surface area is 117 Å². The Morgan fingerprint density at radius 1 is 1.35 bits per heavy atom. The number of hydrogen-bond acceptors (Lipinski definition) is 4. The molecule has 0 aliphatic heterocycles. The van der Waals surface area contributed by atoms with Gasteiger partial charge in [0.1, 0.15) is 11.0 Å². The molecule has 5 nitrogen and oxygen atoms in total. The first-order valence-electron chi connectivity index (χ1n) is 5.60. The fraction of sp³-hybridized carbons (Fsp3) is 0.364. The Balaban J connectivity index is 2.18. The van der Waals surface area contributed by atoms with E-state index in [1.807, 2.05) is 6.92 Å². The van der Waals surface area contributed by atoms with Gasteiger partial charge in [-0.05, 0) is 6.92 Å². The highest BCUT2D eigenvalue weighted by Gasteiger charge is 2.35. The first-order chi connectivity index (χ1) is 9.27. The summed E-state index contributed by atoms with van der Waals surface area (Å²) in [6, 6.07) is 1.24. The zero-order valence-electron chi connectivity index (χ0n) is 10.7. The maximum atomic E-state index is 12.6. The molecule has 0 unspecified atom stereocenters. The van der Waals surface area contributed by atoms with Gasteiger partial charge < -0.3 is 5.32 Å². The second-order valence-corrected chi connectivity index (χ2v) is 4.52. The minimum atomic E-state index is -4.63. The zero-order valence-corrected chi connectivity index (χ0v) is 11.4. The Morgan fingerprint density at radius 2 is 2.05 bits per heavy atom. The van der Waals surface area contributed by atoms with Crippen LogP contribution in [0.25, 0.3) is 0 Å². The number of aryl methyl sites for hydroxylation is 1.